The number of benzene rings is 5. The summed E-state index contributed by atoms with van der Waals surface area (Å²) in [5.74, 6) is 4.38. The van der Waals surface area contributed by atoms with Crippen molar-refractivity contribution in [2.24, 2.45) is 0 Å². The molecule has 0 spiro atoms. The highest BCUT2D eigenvalue weighted by atomic mass is 32.2. The van der Waals surface area contributed by atoms with Gasteiger partial charge >= 0.3 is 0 Å². The number of nitrogens with zero attached hydrogens (tertiary/aromatic N) is 1. The van der Waals surface area contributed by atoms with E-state index in [0.29, 0.717) is 96.5 Å². The lowest BCUT2D eigenvalue weighted by atomic mass is 10.1. The summed E-state index contributed by atoms with van der Waals surface area (Å²) in [7, 11) is 4.95. The van der Waals surface area contributed by atoms with E-state index in [2.05, 4.69) is 35.3 Å². The molecule has 422 valence electrons. The van der Waals surface area contributed by atoms with Crippen LogP contribution in [0.4, 0.5) is 0 Å². The van der Waals surface area contributed by atoms with E-state index in [-0.39, 0.29) is 26.4 Å². The fourth-order valence-electron chi connectivity index (χ4n) is 7.56. The van der Waals surface area contributed by atoms with Gasteiger partial charge in [0.1, 0.15) is 69.2 Å². The maximum absolute atomic E-state index is 6.69. The second-order valence-corrected chi connectivity index (χ2v) is 23.9. The molecule has 0 bridgehead atoms. The van der Waals surface area contributed by atoms with E-state index in [1.54, 1.807) is 44.9 Å². The summed E-state index contributed by atoms with van der Waals surface area (Å²) in [5.41, 5.74) is 4.79. The number of thioether (sulfide) groups is 5. The summed E-state index contributed by atoms with van der Waals surface area (Å²) in [4.78, 5) is 2.56. The van der Waals surface area contributed by atoms with Gasteiger partial charge in [0.2, 0.25) is 5.75 Å². The molecule has 0 aliphatic carbocycles. The van der Waals surface area contributed by atoms with E-state index in [1.165, 1.54) is 28.1 Å². The van der Waals surface area contributed by atoms with E-state index >= 15 is 0 Å². The van der Waals surface area contributed by atoms with Crippen LogP contribution in [0.1, 0.15) is 27.8 Å². The van der Waals surface area contributed by atoms with Crippen LogP contribution in [0.15, 0.2) is 148 Å². The summed E-state index contributed by atoms with van der Waals surface area (Å²) < 4.78 is 83.3. The van der Waals surface area contributed by atoms with E-state index < -0.39 is 0 Å². The molecule has 0 N–H and O–H groups in total. The molecule has 0 amide bonds. The Morgan fingerprint density at radius 2 is 0.785 bits per heavy atom. The highest BCUT2D eigenvalue weighted by molar-refractivity contribution is 8.40. The van der Waals surface area contributed by atoms with Crippen molar-refractivity contribution in [3.63, 3.8) is 0 Å². The van der Waals surface area contributed by atoms with Crippen molar-refractivity contribution >= 4 is 71.4 Å². The van der Waals surface area contributed by atoms with Crippen LogP contribution in [0.5, 0.6) is 40.2 Å². The minimum absolute atomic E-state index is 0.229. The summed E-state index contributed by atoms with van der Waals surface area (Å²) in [5, 5.41) is 0. The molecule has 0 saturated carbocycles. The normalized spacial score (nSPS) is 13.0. The molecule has 20 heteroatoms. The van der Waals surface area contributed by atoms with Crippen LogP contribution in [0.2, 0.25) is 0 Å². The van der Waals surface area contributed by atoms with Crippen LogP contribution in [0.25, 0.3) is 0 Å². The minimum Gasteiger partial charge on any atom is -0.491 e. The number of hydrogen-bond acceptors (Lipinski definition) is 19. The Bertz CT molecular complexity index is 2740. The van der Waals surface area contributed by atoms with Crippen molar-refractivity contribution in [2.75, 3.05) is 107 Å². The smallest absolute Gasteiger partial charge is 0.203 e. The lowest BCUT2D eigenvalue weighted by Gasteiger charge is -2.20. The zero-order valence-electron chi connectivity index (χ0n) is 44.8. The van der Waals surface area contributed by atoms with Crippen molar-refractivity contribution < 1.29 is 61.6 Å². The van der Waals surface area contributed by atoms with Crippen molar-refractivity contribution in [3.8, 4) is 40.2 Å². The second-order valence-electron chi connectivity index (χ2n) is 17.5. The predicted molar refractivity (Wildman–Crippen MR) is 321 cm³/mol. The van der Waals surface area contributed by atoms with Crippen molar-refractivity contribution in [1.82, 2.24) is 4.57 Å². The summed E-state index contributed by atoms with van der Waals surface area (Å²) in [6.07, 6.45) is 6.58. The molecule has 0 radical (unpaired) electrons. The molecule has 1 aromatic heterocycles. The maximum Gasteiger partial charge on any atom is 0.203 e. The number of methoxy groups -OCH3 is 3. The Hall–Kier alpha value is -4.68. The van der Waals surface area contributed by atoms with E-state index in [1.807, 2.05) is 132 Å². The van der Waals surface area contributed by atoms with Gasteiger partial charge in [-0.3, -0.25) is 0 Å². The van der Waals surface area contributed by atoms with E-state index in [0.717, 1.165) is 56.0 Å². The quantitative estimate of drug-likeness (QED) is 0.0296. The third kappa shape index (κ3) is 19.8. The molecule has 3 heterocycles. The highest BCUT2D eigenvalue weighted by Gasteiger charge is 2.28. The Balaban J connectivity index is 0.969. The lowest BCUT2D eigenvalue weighted by Crippen LogP contribution is -2.10. The van der Waals surface area contributed by atoms with Crippen LogP contribution in [0.3, 0.4) is 0 Å². The molecule has 0 unspecified atom stereocenters. The average Bonchev–Trinajstić information content (AvgIpc) is 4.21. The Labute approximate surface area is 490 Å². The van der Waals surface area contributed by atoms with Crippen molar-refractivity contribution in [1.29, 1.82) is 0 Å². The molecule has 0 atom stereocenters. The average molecular weight is 1190 g/mol. The molecule has 2 aliphatic rings. The van der Waals surface area contributed by atoms with Crippen LogP contribution in [-0.2, 0) is 61.4 Å². The highest BCUT2D eigenvalue weighted by Crippen LogP contribution is 2.63. The van der Waals surface area contributed by atoms with Gasteiger partial charge in [-0.15, -0.1) is 24.4 Å². The SMILES string of the molecule is COCCOCCOc1ccc(COc2cc(COc3ccc(Cn4cc5c(c4)SC(=C4SC(S)=C(SC)S4)S5)cc3)cc(OCc3ccc(OCCOCCOC)cc3)c2OCc2ccc(OCCOCCOC)cc2)cc1. The fourth-order valence-corrected chi connectivity index (χ4v) is 14.5. The Kier molecular flexibility index (Phi) is 25.5. The molecule has 79 heavy (non-hydrogen) atoms. The van der Waals surface area contributed by atoms with E-state index in [4.69, 9.17) is 74.2 Å². The van der Waals surface area contributed by atoms with Gasteiger partial charge in [0.05, 0.1) is 76.4 Å². The topological polar surface area (TPSA) is 125 Å². The second kappa shape index (κ2) is 33.3. The third-order valence-corrected chi connectivity index (χ3v) is 19.1. The first-order valence-electron chi connectivity index (χ1n) is 25.6. The molecule has 8 rings (SSSR count). The van der Waals surface area contributed by atoms with Gasteiger partial charge < -0.3 is 66.1 Å². The maximum atomic E-state index is 6.69. The number of fused-ring (bicyclic) bond motifs is 1. The van der Waals surface area contributed by atoms with Crippen LogP contribution in [-0.4, -0.2) is 111 Å². The lowest BCUT2D eigenvalue weighted by molar-refractivity contribution is 0.0544. The first-order valence-corrected chi connectivity index (χ1v) is 30.5. The summed E-state index contributed by atoms with van der Waals surface area (Å²) in [6.45, 7) is 7.53. The first kappa shape index (κ1) is 60.4. The standard InChI is InChI=1S/C59H67NO13S6/c1-61-21-24-64-27-30-67-47-15-7-43(8-16-47)38-71-51-33-46(41-70-50-13-5-42(6-14-50)35-60-36-53-54(37-60)77-58(76-53)59-78-56(74)57(75-4)79-59)34-52(72-39-44-9-17-48(18-10-44)68-31-28-65-25-22-62-2)55(51)73-40-45-11-19-49(20-12-45)69-32-29-66-26-23-63-3/h5-20,33-34,36-37,74H,21-32,35,38-41H2,1-4H3. The molecule has 0 saturated heterocycles. The largest absolute Gasteiger partial charge is 0.491 e. The van der Waals surface area contributed by atoms with Gasteiger partial charge in [-0.05, 0) is 94.7 Å². The molecular weight excluding hydrogens is 1120 g/mol. The Morgan fingerprint density at radius 3 is 1.20 bits per heavy atom. The molecule has 0 fully saturated rings. The zero-order valence-corrected chi connectivity index (χ0v) is 49.8. The number of hydrogen-bond donors (Lipinski definition) is 1. The van der Waals surface area contributed by atoms with Gasteiger partial charge in [-0.2, -0.15) is 0 Å². The first-order chi connectivity index (χ1) is 38.9. The molecule has 14 nitrogen and oxygen atoms in total. The zero-order chi connectivity index (χ0) is 54.9. The third-order valence-electron chi connectivity index (χ3n) is 11.6. The minimum atomic E-state index is 0.229. The predicted octanol–water partition coefficient (Wildman–Crippen LogP) is 13.2. The summed E-state index contributed by atoms with van der Waals surface area (Å²) >= 11 is 13.7. The monoisotopic (exact) mass is 1190 g/mol. The van der Waals surface area contributed by atoms with Gasteiger partial charge in [0.15, 0.2) is 11.5 Å². The summed E-state index contributed by atoms with van der Waals surface area (Å²) in [6, 6.07) is 35.6. The van der Waals surface area contributed by atoms with Crippen LogP contribution >= 0.6 is 71.4 Å². The van der Waals surface area contributed by atoms with Gasteiger partial charge in [0, 0.05) is 50.1 Å². The number of ether oxygens (including phenoxy) is 13. The van der Waals surface area contributed by atoms with E-state index in [9.17, 15) is 0 Å². The van der Waals surface area contributed by atoms with Crippen molar-refractivity contribution in [3.05, 3.63) is 166 Å². The molecule has 6 aromatic rings. The Morgan fingerprint density at radius 1 is 0.405 bits per heavy atom. The van der Waals surface area contributed by atoms with Crippen LogP contribution < -0.4 is 33.2 Å². The van der Waals surface area contributed by atoms with Gasteiger partial charge in [-0.25, -0.2) is 0 Å². The van der Waals surface area contributed by atoms with Crippen molar-refractivity contribution in [2.45, 2.75) is 42.8 Å². The number of rotatable bonds is 36. The number of aromatic nitrogens is 1. The molecule has 5 aromatic carbocycles. The molecular formula is C59H67NO13S6. The fraction of sp³-hybridized carbons (Fsp3) is 0.356. The number of thiol groups is 1. The molecule has 2 aliphatic heterocycles. The van der Waals surface area contributed by atoms with Crippen LogP contribution in [0, 0.1) is 0 Å². The van der Waals surface area contributed by atoms with Gasteiger partial charge in [-0.1, -0.05) is 95.6 Å². The van der Waals surface area contributed by atoms with Gasteiger partial charge in [0.25, 0.3) is 0 Å².